The minimum Gasteiger partial charge on any atom is -0.302 e. The fourth-order valence-electron chi connectivity index (χ4n) is 3.49. The summed E-state index contributed by atoms with van der Waals surface area (Å²) in [6.07, 6.45) is 5.28. The third-order valence-electron chi connectivity index (χ3n) is 4.41. The average molecular weight is 233 g/mol. The SMILES string of the molecule is Fc1cccc(CCN2CC3CCCC3C2)c1. The molecule has 0 N–H and O–H groups in total. The van der Waals surface area contributed by atoms with Gasteiger partial charge in [-0.1, -0.05) is 18.6 Å². The lowest BCUT2D eigenvalue weighted by Gasteiger charge is -2.16. The highest BCUT2D eigenvalue weighted by molar-refractivity contribution is 5.16. The van der Waals surface area contributed by atoms with Crippen molar-refractivity contribution < 1.29 is 4.39 Å². The maximum atomic E-state index is 13.0. The fourth-order valence-corrected chi connectivity index (χ4v) is 3.49. The summed E-state index contributed by atoms with van der Waals surface area (Å²) in [6.45, 7) is 3.65. The van der Waals surface area contributed by atoms with E-state index in [-0.39, 0.29) is 5.82 Å². The van der Waals surface area contributed by atoms with Gasteiger partial charge in [-0.2, -0.15) is 0 Å². The number of hydrogen-bond donors (Lipinski definition) is 0. The average Bonchev–Trinajstić information content (AvgIpc) is 2.86. The third kappa shape index (κ3) is 2.52. The van der Waals surface area contributed by atoms with Crippen molar-refractivity contribution in [2.24, 2.45) is 11.8 Å². The highest BCUT2D eigenvalue weighted by atomic mass is 19.1. The molecule has 1 saturated carbocycles. The fraction of sp³-hybridized carbons (Fsp3) is 0.600. The first kappa shape index (κ1) is 11.2. The Bertz CT molecular complexity index is 378. The highest BCUT2D eigenvalue weighted by Crippen LogP contribution is 2.37. The van der Waals surface area contributed by atoms with Gasteiger partial charge in [-0.3, -0.25) is 0 Å². The molecule has 1 aliphatic carbocycles. The van der Waals surface area contributed by atoms with E-state index in [1.807, 2.05) is 12.1 Å². The van der Waals surface area contributed by atoms with Crippen LogP contribution in [0.1, 0.15) is 24.8 Å². The van der Waals surface area contributed by atoms with E-state index in [0.717, 1.165) is 30.4 Å². The summed E-state index contributed by atoms with van der Waals surface area (Å²) in [5, 5.41) is 0. The number of nitrogens with zero attached hydrogens (tertiary/aromatic N) is 1. The predicted octanol–water partition coefficient (Wildman–Crippen LogP) is 3.10. The molecule has 0 radical (unpaired) electrons. The van der Waals surface area contributed by atoms with Crippen molar-refractivity contribution in [3.63, 3.8) is 0 Å². The van der Waals surface area contributed by atoms with Gasteiger partial charge in [-0.25, -0.2) is 4.39 Å². The third-order valence-corrected chi connectivity index (χ3v) is 4.41. The van der Waals surface area contributed by atoms with Gasteiger partial charge < -0.3 is 4.90 Å². The molecule has 2 unspecified atom stereocenters. The zero-order valence-corrected chi connectivity index (χ0v) is 10.2. The molecule has 2 fully saturated rings. The number of rotatable bonds is 3. The van der Waals surface area contributed by atoms with Gasteiger partial charge in [-0.15, -0.1) is 0 Å². The number of benzene rings is 1. The van der Waals surface area contributed by atoms with Crippen LogP contribution in [0.5, 0.6) is 0 Å². The maximum absolute atomic E-state index is 13.0. The number of likely N-dealkylation sites (tertiary alicyclic amines) is 1. The molecule has 1 aromatic carbocycles. The Morgan fingerprint density at radius 3 is 2.65 bits per heavy atom. The molecular weight excluding hydrogens is 213 g/mol. The molecule has 1 nitrogen and oxygen atoms in total. The normalized spacial score (nSPS) is 28.5. The van der Waals surface area contributed by atoms with Crippen LogP contribution in [0.3, 0.4) is 0 Å². The van der Waals surface area contributed by atoms with Gasteiger partial charge in [-0.05, 0) is 48.8 Å². The Hall–Kier alpha value is -0.890. The second kappa shape index (κ2) is 4.77. The molecule has 1 saturated heterocycles. The second-order valence-corrected chi connectivity index (χ2v) is 5.59. The summed E-state index contributed by atoms with van der Waals surface area (Å²) in [5.74, 6) is 1.81. The number of halogens is 1. The molecule has 17 heavy (non-hydrogen) atoms. The van der Waals surface area contributed by atoms with Crippen LogP contribution in [-0.4, -0.2) is 24.5 Å². The van der Waals surface area contributed by atoms with Crippen LogP contribution in [0.2, 0.25) is 0 Å². The molecule has 0 bridgehead atoms. The molecular formula is C15H20FN. The highest BCUT2D eigenvalue weighted by Gasteiger charge is 2.35. The Morgan fingerprint density at radius 2 is 1.94 bits per heavy atom. The molecule has 1 heterocycles. The van der Waals surface area contributed by atoms with Crippen LogP contribution in [0, 0.1) is 17.7 Å². The molecule has 2 aliphatic rings. The standard InChI is InChI=1S/C15H20FN/c16-15-6-1-3-12(9-15)7-8-17-10-13-4-2-5-14(13)11-17/h1,3,6,9,13-14H,2,4-5,7-8,10-11H2. The van der Waals surface area contributed by atoms with Crippen molar-refractivity contribution in [2.75, 3.05) is 19.6 Å². The van der Waals surface area contributed by atoms with Gasteiger partial charge in [0.1, 0.15) is 5.82 Å². The Balaban J connectivity index is 1.52. The summed E-state index contributed by atoms with van der Waals surface area (Å²) < 4.78 is 13.0. The van der Waals surface area contributed by atoms with Crippen LogP contribution in [-0.2, 0) is 6.42 Å². The van der Waals surface area contributed by atoms with Gasteiger partial charge in [0.15, 0.2) is 0 Å². The van der Waals surface area contributed by atoms with E-state index < -0.39 is 0 Å². The van der Waals surface area contributed by atoms with E-state index in [0.29, 0.717) is 0 Å². The lowest BCUT2D eigenvalue weighted by molar-refractivity contribution is 0.315. The topological polar surface area (TPSA) is 3.24 Å². The van der Waals surface area contributed by atoms with Gasteiger partial charge >= 0.3 is 0 Å². The van der Waals surface area contributed by atoms with Crippen LogP contribution in [0.15, 0.2) is 24.3 Å². The van der Waals surface area contributed by atoms with Gasteiger partial charge in [0.2, 0.25) is 0 Å². The molecule has 1 aliphatic heterocycles. The summed E-state index contributed by atoms with van der Waals surface area (Å²) in [7, 11) is 0. The number of fused-ring (bicyclic) bond motifs is 1. The quantitative estimate of drug-likeness (QED) is 0.775. The van der Waals surface area contributed by atoms with Gasteiger partial charge in [0, 0.05) is 19.6 Å². The zero-order chi connectivity index (χ0) is 11.7. The first-order chi connectivity index (χ1) is 8.31. The largest absolute Gasteiger partial charge is 0.302 e. The Kier molecular flexibility index (Phi) is 3.15. The van der Waals surface area contributed by atoms with Crippen LogP contribution in [0.4, 0.5) is 4.39 Å². The Labute approximate surface area is 103 Å². The van der Waals surface area contributed by atoms with E-state index in [4.69, 9.17) is 0 Å². The van der Waals surface area contributed by atoms with Crippen molar-refractivity contribution in [3.8, 4) is 0 Å². The van der Waals surface area contributed by atoms with Gasteiger partial charge in [0.25, 0.3) is 0 Å². The van der Waals surface area contributed by atoms with E-state index in [9.17, 15) is 4.39 Å². The van der Waals surface area contributed by atoms with Crippen LogP contribution < -0.4 is 0 Å². The summed E-state index contributed by atoms with van der Waals surface area (Å²) in [4.78, 5) is 2.57. The van der Waals surface area contributed by atoms with Crippen molar-refractivity contribution in [3.05, 3.63) is 35.6 Å². The minimum atomic E-state index is -0.110. The lowest BCUT2D eigenvalue weighted by Crippen LogP contribution is -2.24. The van der Waals surface area contributed by atoms with Crippen molar-refractivity contribution in [2.45, 2.75) is 25.7 Å². The van der Waals surface area contributed by atoms with Gasteiger partial charge in [0.05, 0.1) is 0 Å². The van der Waals surface area contributed by atoms with Crippen molar-refractivity contribution in [1.82, 2.24) is 4.90 Å². The molecule has 0 aromatic heterocycles. The van der Waals surface area contributed by atoms with Crippen molar-refractivity contribution in [1.29, 1.82) is 0 Å². The van der Waals surface area contributed by atoms with Crippen LogP contribution >= 0.6 is 0 Å². The summed E-state index contributed by atoms with van der Waals surface area (Å²) in [6, 6.07) is 7.02. The van der Waals surface area contributed by atoms with E-state index in [2.05, 4.69) is 4.90 Å². The molecule has 2 atom stereocenters. The molecule has 92 valence electrons. The first-order valence-corrected chi connectivity index (χ1v) is 6.78. The molecule has 0 amide bonds. The van der Waals surface area contributed by atoms with Crippen LogP contribution in [0.25, 0.3) is 0 Å². The molecule has 1 aromatic rings. The second-order valence-electron chi connectivity index (χ2n) is 5.59. The smallest absolute Gasteiger partial charge is 0.123 e. The minimum absolute atomic E-state index is 0.110. The first-order valence-electron chi connectivity index (χ1n) is 6.78. The van der Waals surface area contributed by atoms with E-state index in [1.165, 1.54) is 38.4 Å². The van der Waals surface area contributed by atoms with Crippen molar-refractivity contribution >= 4 is 0 Å². The number of hydrogen-bond acceptors (Lipinski definition) is 1. The Morgan fingerprint density at radius 1 is 1.18 bits per heavy atom. The zero-order valence-electron chi connectivity index (χ0n) is 10.2. The molecule has 0 spiro atoms. The lowest BCUT2D eigenvalue weighted by atomic mass is 10.0. The molecule has 2 heteroatoms. The molecule has 3 rings (SSSR count). The monoisotopic (exact) mass is 233 g/mol. The van der Waals surface area contributed by atoms with E-state index in [1.54, 1.807) is 6.07 Å². The van der Waals surface area contributed by atoms with E-state index >= 15 is 0 Å². The predicted molar refractivity (Wildman–Crippen MR) is 67.4 cm³/mol. The maximum Gasteiger partial charge on any atom is 0.123 e. The summed E-state index contributed by atoms with van der Waals surface area (Å²) in [5.41, 5.74) is 1.13. The summed E-state index contributed by atoms with van der Waals surface area (Å²) >= 11 is 0.